The monoisotopic (exact) mass is 299 g/mol. The van der Waals surface area contributed by atoms with Crippen molar-refractivity contribution in [1.29, 1.82) is 0 Å². The van der Waals surface area contributed by atoms with E-state index in [-0.39, 0.29) is 22.7 Å². The van der Waals surface area contributed by atoms with Gasteiger partial charge in [-0.2, -0.15) is 0 Å². The molecule has 2 rings (SSSR count). The van der Waals surface area contributed by atoms with Gasteiger partial charge >= 0.3 is 5.97 Å². The second-order valence-corrected chi connectivity index (χ2v) is 4.63. The lowest BCUT2D eigenvalue weighted by atomic mass is 10.1. The van der Waals surface area contributed by atoms with E-state index in [1.54, 1.807) is 18.2 Å². The van der Waals surface area contributed by atoms with Gasteiger partial charge in [0.1, 0.15) is 11.5 Å². The van der Waals surface area contributed by atoms with Crippen molar-refractivity contribution < 1.29 is 14.3 Å². The first-order valence-electron chi connectivity index (χ1n) is 5.29. The highest BCUT2D eigenvalue weighted by molar-refractivity contribution is 6.43. The molecule has 0 aliphatic rings. The van der Waals surface area contributed by atoms with Gasteiger partial charge in [0.15, 0.2) is 0 Å². The standard InChI is InChI=1S/C13H8Cl2FNO2/c14-9-3-1-2-8(12(9)15)13-10(16)4-7(6-17-13)5-11(18)19/h1-4,6H,5H2,(H,18,19). The maximum absolute atomic E-state index is 13.9. The summed E-state index contributed by atoms with van der Waals surface area (Å²) in [5.41, 5.74) is 0.696. The molecule has 0 saturated heterocycles. The zero-order valence-electron chi connectivity index (χ0n) is 9.53. The number of carbonyl (C=O) groups is 1. The molecule has 98 valence electrons. The quantitative estimate of drug-likeness (QED) is 0.937. The molecular weight excluding hydrogens is 292 g/mol. The van der Waals surface area contributed by atoms with Gasteiger partial charge in [0, 0.05) is 11.8 Å². The summed E-state index contributed by atoms with van der Waals surface area (Å²) >= 11 is 11.8. The third-order valence-electron chi connectivity index (χ3n) is 2.46. The summed E-state index contributed by atoms with van der Waals surface area (Å²) in [5, 5.41) is 9.15. The Morgan fingerprint density at radius 1 is 1.37 bits per heavy atom. The average Bonchev–Trinajstić information content (AvgIpc) is 2.33. The summed E-state index contributed by atoms with van der Waals surface area (Å²) in [6, 6.07) is 5.95. The van der Waals surface area contributed by atoms with Crippen LogP contribution in [0.5, 0.6) is 0 Å². The number of aromatic nitrogens is 1. The molecule has 0 bridgehead atoms. The SMILES string of the molecule is O=C(O)Cc1cnc(-c2cccc(Cl)c2Cl)c(F)c1. The van der Waals surface area contributed by atoms with Crippen LogP contribution in [0.4, 0.5) is 4.39 Å². The Morgan fingerprint density at radius 3 is 2.74 bits per heavy atom. The summed E-state index contributed by atoms with van der Waals surface area (Å²) in [7, 11) is 0. The van der Waals surface area contributed by atoms with E-state index < -0.39 is 11.8 Å². The van der Waals surface area contributed by atoms with E-state index in [2.05, 4.69) is 4.98 Å². The predicted molar refractivity (Wildman–Crippen MR) is 71.0 cm³/mol. The highest BCUT2D eigenvalue weighted by Gasteiger charge is 2.14. The second kappa shape index (κ2) is 5.55. The molecule has 1 aromatic carbocycles. The van der Waals surface area contributed by atoms with Gasteiger partial charge < -0.3 is 5.11 Å². The van der Waals surface area contributed by atoms with Gasteiger partial charge in [-0.1, -0.05) is 35.3 Å². The fourth-order valence-electron chi connectivity index (χ4n) is 1.63. The molecule has 0 saturated carbocycles. The van der Waals surface area contributed by atoms with Crippen LogP contribution >= 0.6 is 23.2 Å². The summed E-state index contributed by atoms with van der Waals surface area (Å²) < 4.78 is 13.9. The molecule has 0 spiro atoms. The minimum Gasteiger partial charge on any atom is -0.481 e. The highest BCUT2D eigenvalue weighted by atomic mass is 35.5. The van der Waals surface area contributed by atoms with Crippen molar-refractivity contribution in [3.8, 4) is 11.3 Å². The third kappa shape index (κ3) is 3.03. The average molecular weight is 300 g/mol. The lowest BCUT2D eigenvalue weighted by molar-refractivity contribution is -0.136. The molecule has 0 aliphatic carbocycles. The van der Waals surface area contributed by atoms with Crippen LogP contribution in [0.2, 0.25) is 10.0 Å². The van der Waals surface area contributed by atoms with Crippen molar-refractivity contribution in [2.75, 3.05) is 0 Å². The Bertz CT molecular complexity index is 647. The summed E-state index contributed by atoms with van der Waals surface area (Å²) in [4.78, 5) is 14.5. The Hall–Kier alpha value is -1.65. The van der Waals surface area contributed by atoms with Gasteiger partial charge in [-0.25, -0.2) is 4.39 Å². The van der Waals surface area contributed by atoms with E-state index in [0.717, 1.165) is 6.07 Å². The van der Waals surface area contributed by atoms with Gasteiger partial charge in [0.25, 0.3) is 0 Å². The van der Waals surface area contributed by atoms with E-state index in [1.807, 2.05) is 0 Å². The predicted octanol–water partition coefficient (Wildman–Crippen LogP) is 3.82. The molecule has 1 heterocycles. The van der Waals surface area contributed by atoms with Gasteiger partial charge in [0.05, 0.1) is 16.5 Å². The molecule has 0 amide bonds. The Balaban J connectivity index is 2.46. The first-order chi connectivity index (χ1) is 8.99. The van der Waals surface area contributed by atoms with Gasteiger partial charge in [-0.05, 0) is 17.7 Å². The van der Waals surface area contributed by atoms with Crippen LogP contribution in [-0.4, -0.2) is 16.1 Å². The van der Waals surface area contributed by atoms with E-state index in [0.29, 0.717) is 10.6 Å². The number of nitrogens with zero attached hydrogens (tertiary/aromatic N) is 1. The first-order valence-corrected chi connectivity index (χ1v) is 6.05. The number of carboxylic acids is 1. The molecule has 0 aliphatic heterocycles. The van der Waals surface area contributed by atoms with Crippen molar-refractivity contribution in [3.05, 3.63) is 51.9 Å². The number of aliphatic carboxylic acids is 1. The van der Waals surface area contributed by atoms with Crippen molar-refractivity contribution in [2.45, 2.75) is 6.42 Å². The van der Waals surface area contributed by atoms with Crippen LogP contribution in [0.1, 0.15) is 5.56 Å². The van der Waals surface area contributed by atoms with Crippen LogP contribution < -0.4 is 0 Å². The summed E-state index contributed by atoms with van der Waals surface area (Å²) in [6.45, 7) is 0. The molecule has 1 aromatic heterocycles. The number of hydrogen-bond donors (Lipinski definition) is 1. The zero-order valence-corrected chi connectivity index (χ0v) is 11.0. The maximum Gasteiger partial charge on any atom is 0.307 e. The molecule has 6 heteroatoms. The zero-order chi connectivity index (χ0) is 14.0. The Labute approximate surface area is 118 Å². The van der Waals surface area contributed by atoms with Crippen molar-refractivity contribution in [2.24, 2.45) is 0 Å². The number of benzene rings is 1. The van der Waals surface area contributed by atoms with Crippen LogP contribution in [0, 0.1) is 5.82 Å². The second-order valence-electron chi connectivity index (χ2n) is 3.85. The van der Waals surface area contributed by atoms with Crippen LogP contribution in [0.15, 0.2) is 30.5 Å². The highest BCUT2D eigenvalue weighted by Crippen LogP contribution is 2.33. The number of halogens is 3. The van der Waals surface area contributed by atoms with Crippen molar-refractivity contribution in [3.63, 3.8) is 0 Å². The number of hydrogen-bond acceptors (Lipinski definition) is 2. The topological polar surface area (TPSA) is 50.2 Å². The van der Waals surface area contributed by atoms with Crippen molar-refractivity contribution in [1.82, 2.24) is 4.98 Å². The first kappa shape index (κ1) is 13.8. The van der Waals surface area contributed by atoms with Gasteiger partial charge in [-0.3, -0.25) is 9.78 Å². The van der Waals surface area contributed by atoms with Gasteiger partial charge in [0.2, 0.25) is 0 Å². The normalized spacial score (nSPS) is 10.5. The van der Waals surface area contributed by atoms with E-state index >= 15 is 0 Å². The maximum atomic E-state index is 13.9. The van der Waals surface area contributed by atoms with E-state index in [9.17, 15) is 9.18 Å². The Kier molecular flexibility index (Phi) is 4.02. The lowest BCUT2D eigenvalue weighted by Gasteiger charge is -2.07. The number of rotatable bonds is 3. The largest absolute Gasteiger partial charge is 0.481 e. The molecular formula is C13H8Cl2FNO2. The molecule has 0 fully saturated rings. The molecule has 0 atom stereocenters. The molecule has 3 nitrogen and oxygen atoms in total. The van der Waals surface area contributed by atoms with E-state index in [1.165, 1.54) is 6.20 Å². The Morgan fingerprint density at radius 2 is 2.11 bits per heavy atom. The number of carboxylic acid groups (broad SMARTS) is 1. The third-order valence-corrected chi connectivity index (χ3v) is 3.28. The fraction of sp³-hybridized carbons (Fsp3) is 0.0769. The minimum absolute atomic E-state index is 0.0432. The molecule has 0 unspecified atom stereocenters. The molecule has 19 heavy (non-hydrogen) atoms. The van der Waals surface area contributed by atoms with Crippen LogP contribution in [-0.2, 0) is 11.2 Å². The summed E-state index contributed by atoms with van der Waals surface area (Å²) in [6.07, 6.45) is 1.03. The summed E-state index contributed by atoms with van der Waals surface area (Å²) in [5.74, 6) is -1.68. The molecule has 2 aromatic rings. The van der Waals surface area contributed by atoms with Crippen LogP contribution in [0.3, 0.4) is 0 Å². The van der Waals surface area contributed by atoms with Gasteiger partial charge in [-0.15, -0.1) is 0 Å². The lowest BCUT2D eigenvalue weighted by Crippen LogP contribution is -2.02. The smallest absolute Gasteiger partial charge is 0.307 e. The molecule has 1 N–H and O–H groups in total. The molecule has 0 radical (unpaired) electrons. The van der Waals surface area contributed by atoms with Crippen molar-refractivity contribution >= 4 is 29.2 Å². The minimum atomic E-state index is -1.05. The van der Waals surface area contributed by atoms with Crippen LogP contribution in [0.25, 0.3) is 11.3 Å². The fourth-order valence-corrected chi connectivity index (χ4v) is 2.02. The number of pyridine rings is 1. The van der Waals surface area contributed by atoms with E-state index in [4.69, 9.17) is 28.3 Å².